The molecule has 2 aromatic rings. The Kier molecular flexibility index (Phi) is 2.79. The number of benzene rings is 1. The van der Waals surface area contributed by atoms with Crippen LogP contribution in [0.15, 0.2) is 24.3 Å². The van der Waals surface area contributed by atoms with Crippen molar-refractivity contribution >= 4 is 16.8 Å². The van der Waals surface area contributed by atoms with Crippen molar-refractivity contribution in [1.29, 1.82) is 0 Å². The zero-order valence-corrected chi connectivity index (χ0v) is 11.6. The van der Waals surface area contributed by atoms with Gasteiger partial charge in [0.2, 0.25) is 5.91 Å². The van der Waals surface area contributed by atoms with Gasteiger partial charge in [0.05, 0.1) is 0 Å². The van der Waals surface area contributed by atoms with Gasteiger partial charge < -0.3 is 10.3 Å². The lowest BCUT2D eigenvalue weighted by Gasteiger charge is -2.29. The minimum Gasteiger partial charge on any atom is -0.358 e. The second-order valence-electron chi connectivity index (χ2n) is 6.20. The van der Waals surface area contributed by atoms with E-state index < -0.39 is 0 Å². The molecule has 0 aliphatic heterocycles. The molecular weight excluding hydrogens is 248 g/mol. The Morgan fingerprint density at radius 1 is 1.20 bits per heavy atom. The molecule has 1 aromatic heterocycles. The highest BCUT2D eigenvalue weighted by Gasteiger charge is 2.29. The van der Waals surface area contributed by atoms with Crippen LogP contribution in [0.1, 0.15) is 36.9 Å². The lowest BCUT2D eigenvalue weighted by atomic mass is 9.84. The highest BCUT2D eigenvalue weighted by molar-refractivity contribution is 5.85. The van der Waals surface area contributed by atoms with Gasteiger partial charge >= 0.3 is 0 Å². The van der Waals surface area contributed by atoms with Crippen molar-refractivity contribution in [2.45, 2.75) is 44.6 Å². The molecule has 3 heteroatoms. The summed E-state index contributed by atoms with van der Waals surface area (Å²) in [5.74, 6) is 0.573. The highest BCUT2D eigenvalue weighted by Crippen LogP contribution is 2.30. The SMILES string of the molecule is O=C(NC1CCc2[nH]c3ccccc3c2C1)C1CCC1. The zero-order valence-electron chi connectivity index (χ0n) is 11.6. The second kappa shape index (κ2) is 4.65. The minimum absolute atomic E-state index is 0.282. The van der Waals surface area contributed by atoms with E-state index in [4.69, 9.17) is 0 Å². The summed E-state index contributed by atoms with van der Waals surface area (Å²) in [6.45, 7) is 0. The highest BCUT2D eigenvalue weighted by atomic mass is 16.2. The van der Waals surface area contributed by atoms with Gasteiger partial charge in [-0.05, 0) is 43.7 Å². The molecule has 0 saturated heterocycles. The van der Waals surface area contributed by atoms with Crippen LogP contribution in [0.5, 0.6) is 0 Å². The second-order valence-corrected chi connectivity index (χ2v) is 6.20. The normalized spacial score (nSPS) is 22.3. The third-order valence-electron chi connectivity index (χ3n) is 4.92. The number of rotatable bonds is 2. The fourth-order valence-corrected chi connectivity index (χ4v) is 3.48. The number of aryl methyl sites for hydroxylation is 1. The molecule has 2 aliphatic rings. The summed E-state index contributed by atoms with van der Waals surface area (Å²) in [6.07, 6.45) is 6.44. The molecule has 0 bridgehead atoms. The Bertz CT molecular complexity index is 654. The predicted molar refractivity (Wildman–Crippen MR) is 79.6 cm³/mol. The van der Waals surface area contributed by atoms with E-state index >= 15 is 0 Å². The molecule has 0 spiro atoms. The average Bonchev–Trinajstić information content (AvgIpc) is 2.75. The van der Waals surface area contributed by atoms with Crippen LogP contribution in [0.4, 0.5) is 0 Å². The largest absolute Gasteiger partial charge is 0.358 e. The van der Waals surface area contributed by atoms with E-state index in [0.29, 0.717) is 12.0 Å². The van der Waals surface area contributed by atoms with Crippen LogP contribution >= 0.6 is 0 Å². The van der Waals surface area contributed by atoms with Crippen molar-refractivity contribution in [2.75, 3.05) is 0 Å². The predicted octanol–water partition coefficient (Wildman–Crippen LogP) is 2.94. The van der Waals surface area contributed by atoms with Gasteiger partial charge in [0.25, 0.3) is 0 Å². The maximum absolute atomic E-state index is 12.1. The molecule has 3 nitrogen and oxygen atoms in total. The van der Waals surface area contributed by atoms with Crippen molar-refractivity contribution < 1.29 is 4.79 Å². The molecule has 4 rings (SSSR count). The summed E-state index contributed by atoms with van der Waals surface area (Å²) in [5, 5.41) is 4.59. The number of fused-ring (bicyclic) bond motifs is 3. The summed E-state index contributed by atoms with van der Waals surface area (Å²) < 4.78 is 0. The van der Waals surface area contributed by atoms with Gasteiger partial charge in [-0.2, -0.15) is 0 Å². The van der Waals surface area contributed by atoms with E-state index in [0.717, 1.165) is 32.1 Å². The van der Waals surface area contributed by atoms with Gasteiger partial charge in [-0.1, -0.05) is 24.6 Å². The summed E-state index contributed by atoms with van der Waals surface area (Å²) in [4.78, 5) is 15.6. The monoisotopic (exact) mass is 268 g/mol. The summed E-state index contributed by atoms with van der Waals surface area (Å²) in [6, 6.07) is 8.79. The van der Waals surface area contributed by atoms with Crippen LogP contribution in [0.25, 0.3) is 10.9 Å². The third kappa shape index (κ3) is 1.92. The lowest BCUT2D eigenvalue weighted by molar-refractivity contribution is -0.128. The number of aromatic nitrogens is 1. The number of carbonyl (C=O) groups excluding carboxylic acids is 1. The average molecular weight is 268 g/mol. The minimum atomic E-state index is 0.282. The Morgan fingerprint density at radius 2 is 2.05 bits per heavy atom. The molecule has 1 aromatic carbocycles. The Hall–Kier alpha value is -1.77. The van der Waals surface area contributed by atoms with Gasteiger partial charge in [-0.3, -0.25) is 4.79 Å². The van der Waals surface area contributed by atoms with E-state index in [1.165, 1.54) is 28.6 Å². The molecular formula is C17H20N2O. The van der Waals surface area contributed by atoms with Gasteiger partial charge in [-0.25, -0.2) is 0 Å². The van der Waals surface area contributed by atoms with E-state index in [-0.39, 0.29) is 5.91 Å². The molecule has 1 atom stereocenters. The fraction of sp³-hybridized carbons (Fsp3) is 0.471. The van der Waals surface area contributed by atoms with Crippen molar-refractivity contribution in [3.63, 3.8) is 0 Å². The molecule has 1 heterocycles. The first-order chi connectivity index (χ1) is 9.81. The molecule has 1 unspecified atom stereocenters. The standard InChI is InChI=1S/C17H20N2O/c20-17(11-4-3-5-11)18-12-8-9-16-14(10-12)13-6-1-2-7-15(13)19-16/h1-2,6-7,11-12,19H,3-5,8-10H2,(H,18,20). The Morgan fingerprint density at radius 3 is 2.85 bits per heavy atom. The number of nitrogens with one attached hydrogen (secondary N) is 2. The summed E-state index contributed by atoms with van der Waals surface area (Å²) >= 11 is 0. The van der Waals surface area contributed by atoms with Crippen LogP contribution in [0.3, 0.4) is 0 Å². The number of carbonyl (C=O) groups is 1. The van der Waals surface area contributed by atoms with Crippen LogP contribution in [0, 0.1) is 5.92 Å². The number of hydrogen-bond donors (Lipinski definition) is 2. The molecule has 2 aliphatic carbocycles. The fourth-order valence-electron chi connectivity index (χ4n) is 3.48. The number of H-pyrrole nitrogens is 1. The van der Waals surface area contributed by atoms with Gasteiger partial charge in [-0.15, -0.1) is 0 Å². The van der Waals surface area contributed by atoms with Crippen LogP contribution in [0.2, 0.25) is 0 Å². The van der Waals surface area contributed by atoms with Gasteiger partial charge in [0.15, 0.2) is 0 Å². The number of para-hydroxylation sites is 1. The maximum Gasteiger partial charge on any atom is 0.223 e. The molecule has 104 valence electrons. The van der Waals surface area contributed by atoms with Crippen molar-refractivity contribution in [2.24, 2.45) is 5.92 Å². The topological polar surface area (TPSA) is 44.9 Å². The quantitative estimate of drug-likeness (QED) is 0.864. The lowest BCUT2D eigenvalue weighted by Crippen LogP contribution is -2.43. The smallest absolute Gasteiger partial charge is 0.223 e. The molecule has 1 saturated carbocycles. The van der Waals surface area contributed by atoms with Crippen LogP contribution in [-0.4, -0.2) is 16.9 Å². The van der Waals surface area contributed by atoms with Gasteiger partial charge in [0, 0.05) is 28.6 Å². The zero-order chi connectivity index (χ0) is 13.5. The molecule has 1 fully saturated rings. The molecule has 1 amide bonds. The van der Waals surface area contributed by atoms with E-state index in [2.05, 4.69) is 34.6 Å². The maximum atomic E-state index is 12.1. The number of amides is 1. The Labute approximate surface area is 118 Å². The molecule has 2 N–H and O–H groups in total. The Balaban J connectivity index is 1.54. The van der Waals surface area contributed by atoms with Crippen LogP contribution in [-0.2, 0) is 17.6 Å². The van der Waals surface area contributed by atoms with Gasteiger partial charge in [0.1, 0.15) is 0 Å². The van der Waals surface area contributed by atoms with E-state index in [1.807, 2.05) is 0 Å². The van der Waals surface area contributed by atoms with Crippen molar-refractivity contribution in [3.05, 3.63) is 35.5 Å². The molecule has 0 radical (unpaired) electrons. The van der Waals surface area contributed by atoms with Crippen molar-refractivity contribution in [3.8, 4) is 0 Å². The first-order valence-electron chi connectivity index (χ1n) is 7.70. The first-order valence-corrected chi connectivity index (χ1v) is 7.70. The summed E-state index contributed by atoms with van der Waals surface area (Å²) in [7, 11) is 0. The third-order valence-corrected chi connectivity index (χ3v) is 4.92. The first kappa shape index (κ1) is 12.0. The van der Waals surface area contributed by atoms with E-state index in [1.54, 1.807) is 0 Å². The number of hydrogen-bond acceptors (Lipinski definition) is 1. The van der Waals surface area contributed by atoms with E-state index in [9.17, 15) is 4.79 Å². The van der Waals surface area contributed by atoms with Crippen LogP contribution < -0.4 is 5.32 Å². The molecule has 20 heavy (non-hydrogen) atoms. The number of aromatic amines is 1. The van der Waals surface area contributed by atoms with Crippen molar-refractivity contribution in [1.82, 2.24) is 10.3 Å². The summed E-state index contributed by atoms with van der Waals surface area (Å²) in [5.41, 5.74) is 3.99.